The van der Waals surface area contributed by atoms with Gasteiger partial charge in [-0.1, -0.05) is 24.6 Å². The zero-order valence-corrected chi connectivity index (χ0v) is 17.6. The minimum atomic E-state index is -0.488. The average Bonchev–Trinajstić information content (AvgIpc) is 3.02. The van der Waals surface area contributed by atoms with Gasteiger partial charge in [-0.2, -0.15) is 4.57 Å². The Bertz CT molecular complexity index is 862. The van der Waals surface area contributed by atoms with Crippen molar-refractivity contribution in [2.45, 2.75) is 64.6 Å². The van der Waals surface area contributed by atoms with Gasteiger partial charge in [-0.15, -0.1) is 0 Å². The van der Waals surface area contributed by atoms with Crippen LogP contribution in [0.25, 0.3) is 5.70 Å². The van der Waals surface area contributed by atoms with Gasteiger partial charge in [0.25, 0.3) is 0 Å². The van der Waals surface area contributed by atoms with E-state index in [0.717, 1.165) is 32.1 Å². The molecule has 3 N–H and O–H groups in total. The number of rotatable bonds is 2. The van der Waals surface area contributed by atoms with Crippen LogP contribution in [0.3, 0.4) is 0 Å². The molecule has 4 heteroatoms. The fraction of sp³-hybridized carbons (Fsp3) is 0.640. The Morgan fingerprint density at radius 1 is 1.03 bits per heavy atom. The lowest BCUT2D eigenvalue weighted by Gasteiger charge is -2.58. The Hall–Kier alpha value is -1.49. The summed E-state index contributed by atoms with van der Waals surface area (Å²) in [6.07, 6.45) is 11.0. The van der Waals surface area contributed by atoms with Gasteiger partial charge in [-0.25, -0.2) is 0 Å². The largest absolute Gasteiger partial charge is 0.395 e. The number of nitrogens with zero attached hydrogens (tertiary/aromatic N) is 1. The van der Waals surface area contributed by atoms with Crippen LogP contribution in [0.5, 0.6) is 0 Å². The zero-order chi connectivity index (χ0) is 20.4. The monoisotopic (exact) mass is 396 g/mol. The van der Waals surface area contributed by atoms with Gasteiger partial charge in [-0.05, 0) is 74.2 Å². The topological polar surface area (TPSA) is 64.6 Å². The molecule has 5 rings (SSSR count). The summed E-state index contributed by atoms with van der Waals surface area (Å²) in [5.41, 5.74) is 3.64. The number of allylic oxidation sites excluding steroid dienone is 1. The van der Waals surface area contributed by atoms with Gasteiger partial charge in [-0.3, -0.25) is 0 Å². The number of fused-ring (bicyclic) bond motifs is 5. The van der Waals surface area contributed by atoms with Crippen molar-refractivity contribution in [2.24, 2.45) is 28.6 Å². The van der Waals surface area contributed by atoms with Gasteiger partial charge in [0.2, 0.25) is 0 Å². The fourth-order valence-electron chi connectivity index (χ4n) is 7.65. The summed E-state index contributed by atoms with van der Waals surface area (Å²) in [7, 11) is 0. The first kappa shape index (κ1) is 19.5. The predicted molar refractivity (Wildman–Crippen MR) is 111 cm³/mol. The third-order valence-electron chi connectivity index (χ3n) is 8.97. The molecule has 0 spiro atoms. The van der Waals surface area contributed by atoms with E-state index in [1.807, 2.05) is 18.2 Å². The van der Waals surface area contributed by atoms with Crippen LogP contribution in [0, 0.1) is 28.6 Å². The summed E-state index contributed by atoms with van der Waals surface area (Å²) >= 11 is 0. The first-order valence-corrected chi connectivity index (χ1v) is 11.3. The standard InChI is InChI=1S/C25H34NO3/c1-16-12-20-22-19(24(2)8-6-18(28)13-17(24)14-21(22)29)7-9-25(20,15-27)23(16)26-10-4-3-5-11-26/h3-5,10-11,14,18-22,27-29H,6-9,12-13,15H2,1-2H3/q+1. The molecule has 1 heterocycles. The minimum absolute atomic E-state index is 0.0707. The molecule has 0 aliphatic heterocycles. The van der Waals surface area contributed by atoms with Crippen LogP contribution in [0.1, 0.15) is 52.4 Å². The van der Waals surface area contributed by atoms with Gasteiger partial charge in [0.1, 0.15) is 0 Å². The van der Waals surface area contributed by atoms with Crippen molar-refractivity contribution >= 4 is 5.70 Å². The molecule has 4 aliphatic carbocycles. The second-order valence-corrected chi connectivity index (χ2v) is 10.3. The van der Waals surface area contributed by atoms with E-state index in [0.29, 0.717) is 12.3 Å². The molecule has 0 bridgehead atoms. The van der Waals surface area contributed by atoms with Gasteiger partial charge in [0.15, 0.2) is 18.1 Å². The maximum atomic E-state index is 11.3. The summed E-state index contributed by atoms with van der Waals surface area (Å²) < 4.78 is 2.20. The van der Waals surface area contributed by atoms with E-state index in [-0.39, 0.29) is 35.4 Å². The highest BCUT2D eigenvalue weighted by Gasteiger charge is 2.63. The molecular weight excluding hydrogens is 362 g/mol. The van der Waals surface area contributed by atoms with E-state index < -0.39 is 6.10 Å². The van der Waals surface area contributed by atoms with Crippen LogP contribution in [-0.2, 0) is 0 Å². The fourth-order valence-corrected chi connectivity index (χ4v) is 7.65. The van der Waals surface area contributed by atoms with Crippen molar-refractivity contribution in [2.75, 3.05) is 6.61 Å². The van der Waals surface area contributed by atoms with E-state index in [2.05, 4.69) is 36.9 Å². The molecule has 29 heavy (non-hydrogen) atoms. The van der Waals surface area contributed by atoms with Crippen molar-refractivity contribution in [1.29, 1.82) is 0 Å². The maximum Gasteiger partial charge on any atom is 0.194 e. The van der Waals surface area contributed by atoms with E-state index in [9.17, 15) is 15.3 Å². The third-order valence-corrected chi connectivity index (χ3v) is 8.97. The summed E-state index contributed by atoms with van der Waals surface area (Å²) in [6, 6.07) is 6.11. The first-order chi connectivity index (χ1) is 13.9. The van der Waals surface area contributed by atoms with Gasteiger partial charge in [0.05, 0.1) is 24.2 Å². The van der Waals surface area contributed by atoms with Crippen LogP contribution in [0.2, 0.25) is 0 Å². The average molecular weight is 397 g/mol. The second kappa shape index (κ2) is 6.76. The molecule has 2 fully saturated rings. The van der Waals surface area contributed by atoms with E-state index in [4.69, 9.17) is 0 Å². The first-order valence-electron chi connectivity index (χ1n) is 11.3. The number of hydrogen-bond donors (Lipinski definition) is 3. The highest BCUT2D eigenvalue weighted by molar-refractivity contribution is 5.54. The number of aliphatic hydroxyl groups excluding tert-OH is 3. The molecule has 1 aromatic heterocycles. The Kier molecular flexibility index (Phi) is 4.54. The quantitative estimate of drug-likeness (QED) is 0.532. The molecular formula is C25H34NO3+. The van der Waals surface area contributed by atoms with Crippen LogP contribution in [-0.4, -0.2) is 34.1 Å². The summed E-state index contributed by atoms with van der Waals surface area (Å²) in [5.74, 6) is 0.838. The number of hydrogen-bond acceptors (Lipinski definition) is 3. The SMILES string of the molecule is CC1=C([n+]2ccccc2)C2(CO)CCC3C(C(O)C=C4CC(O)CCC43C)C2C1. The van der Waals surface area contributed by atoms with Crippen molar-refractivity contribution in [3.8, 4) is 0 Å². The lowest BCUT2D eigenvalue weighted by molar-refractivity contribution is -0.591. The van der Waals surface area contributed by atoms with Crippen LogP contribution in [0.15, 0.2) is 47.8 Å². The van der Waals surface area contributed by atoms with Gasteiger partial charge >= 0.3 is 0 Å². The Morgan fingerprint density at radius 2 is 1.79 bits per heavy atom. The number of pyridine rings is 1. The molecule has 2 saturated carbocycles. The summed E-state index contributed by atoms with van der Waals surface area (Å²) in [6.45, 7) is 4.70. The summed E-state index contributed by atoms with van der Waals surface area (Å²) in [4.78, 5) is 0. The van der Waals surface area contributed by atoms with E-state index in [1.165, 1.54) is 16.8 Å². The van der Waals surface area contributed by atoms with Crippen LogP contribution in [0.4, 0.5) is 0 Å². The zero-order valence-electron chi connectivity index (χ0n) is 17.6. The van der Waals surface area contributed by atoms with Crippen molar-refractivity contribution < 1.29 is 19.9 Å². The lowest BCUT2D eigenvalue weighted by Crippen LogP contribution is -2.57. The highest BCUT2D eigenvalue weighted by atomic mass is 16.3. The molecule has 0 saturated heterocycles. The highest BCUT2D eigenvalue weighted by Crippen LogP contribution is 2.66. The lowest BCUT2D eigenvalue weighted by atomic mass is 9.47. The number of aromatic nitrogens is 1. The second-order valence-electron chi connectivity index (χ2n) is 10.3. The van der Waals surface area contributed by atoms with Gasteiger partial charge < -0.3 is 15.3 Å². The molecule has 0 radical (unpaired) electrons. The Labute approximate surface area is 173 Å². The van der Waals surface area contributed by atoms with E-state index in [1.54, 1.807) is 0 Å². The van der Waals surface area contributed by atoms with Crippen molar-refractivity contribution in [1.82, 2.24) is 0 Å². The van der Waals surface area contributed by atoms with Crippen molar-refractivity contribution in [3.05, 3.63) is 47.8 Å². The normalized spacial score (nSPS) is 44.0. The molecule has 0 aromatic carbocycles. The van der Waals surface area contributed by atoms with Crippen LogP contribution >= 0.6 is 0 Å². The van der Waals surface area contributed by atoms with Gasteiger partial charge in [0, 0.05) is 12.1 Å². The number of aliphatic hydroxyl groups is 3. The Balaban J connectivity index is 1.57. The van der Waals surface area contributed by atoms with E-state index >= 15 is 0 Å². The maximum absolute atomic E-state index is 11.3. The van der Waals surface area contributed by atoms with Crippen LogP contribution < -0.4 is 4.57 Å². The molecule has 7 atom stereocenters. The molecule has 4 aliphatic rings. The summed E-state index contributed by atoms with van der Waals surface area (Å²) in [5, 5.41) is 32.2. The molecule has 156 valence electrons. The Morgan fingerprint density at radius 3 is 2.52 bits per heavy atom. The smallest absolute Gasteiger partial charge is 0.194 e. The third kappa shape index (κ3) is 2.65. The molecule has 1 aromatic rings. The minimum Gasteiger partial charge on any atom is -0.395 e. The molecule has 7 unspecified atom stereocenters. The predicted octanol–water partition coefficient (Wildman–Crippen LogP) is 3.08. The van der Waals surface area contributed by atoms with Crippen molar-refractivity contribution in [3.63, 3.8) is 0 Å². The molecule has 4 nitrogen and oxygen atoms in total. The molecule has 0 amide bonds.